The van der Waals surface area contributed by atoms with Crippen molar-refractivity contribution in [3.8, 4) is 5.75 Å². The molecule has 1 N–H and O–H groups in total. The minimum atomic E-state index is -0.129. The standard InChI is InChI=1S/C32H37N5O3S/c1-32(2,3)28-20-29(37-16-14-36(15-17-37)25-10-12-26(39-4)13-11-25)35-31(34-28)41-22-23-7-5-8-24(19-23)30(38)33-21-27-9-6-18-40-27/h5-13,18-20H,14-17,21-22H2,1-4H3,(H,33,38). The first-order valence-corrected chi connectivity index (χ1v) is 14.8. The average molecular weight is 572 g/mol. The lowest BCUT2D eigenvalue weighted by Crippen LogP contribution is -2.47. The first-order chi connectivity index (χ1) is 19.8. The summed E-state index contributed by atoms with van der Waals surface area (Å²) in [4.78, 5) is 27.3. The van der Waals surface area contributed by atoms with Crippen LogP contribution in [0.5, 0.6) is 5.75 Å². The van der Waals surface area contributed by atoms with Gasteiger partial charge >= 0.3 is 0 Å². The number of piperazine rings is 1. The molecular formula is C32H37N5O3S. The van der Waals surface area contributed by atoms with Gasteiger partial charge < -0.3 is 24.3 Å². The van der Waals surface area contributed by atoms with E-state index in [0.717, 1.165) is 59.9 Å². The summed E-state index contributed by atoms with van der Waals surface area (Å²) in [5.41, 5.74) is 3.78. The van der Waals surface area contributed by atoms with Gasteiger partial charge in [-0.15, -0.1) is 0 Å². The third-order valence-corrected chi connectivity index (χ3v) is 7.98. The first kappa shape index (κ1) is 28.5. The smallest absolute Gasteiger partial charge is 0.251 e. The minimum Gasteiger partial charge on any atom is -0.497 e. The number of nitrogens with one attached hydrogen (secondary N) is 1. The van der Waals surface area contributed by atoms with Crippen LogP contribution < -0.4 is 19.9 Å². The number of thioether (sulfide) groups is 1. The largest absolute Gasteiger partial charge is 0.497 e. The Morgan fingerprint density at radius 2 is 1.73 bits per heavy atom. The molecule has 0 unspecified atom stereocenters. The maximum atomic E-state index is 12.7. The number of ether oxygens (including phenoxy) is 1. The van der Waals surface area contributed by atoms with Crippen LogP contribution in [0, 0.1) is 0 Å². The monoisotopic (exact) mass is 571 g/mol. The van der Waals surface area contributed by atoms with Gasteiger partial charge in [0, 0.05) is 54.7 Å². The lowest BCUT2D eigenvalue weighted by Gasteiger charge is -2.37. The molecule has 4 aromatic rings. The van der Waals surface area contributed by atoms with Gasteiger partial charge in [0.05, 0.1) is 25.6 Å². The molecule has 5 rings (SSSR count). The second-order valence-electron chi connectivity index (χ2n) is 11.1. The van der Waals surface area contributed by atoms with E-state index in [1.807, 2.05) is 48.5 Å². The number of nitrogens with zero attached hydrogens (tertiary/aromatic N) is 4. The normalized spacial score (nSPS) is 13.8. The fraction of sp³-hybridized carbons (Fsp3) is 0.344. The summed E-state index contributed by atoms with van der Waals surface area (Å²) < 4.78 is 10.6. The van der Waals surface area contributed by atoms with Crippen LogP contribution in [0.2, 0.25) is 0 Å². The molecule has 1 saturated heterocycles. The molecule has 0 saturated carbocycles. The van der Waals surface area contributed by atoms with Crippen molar-refractivity contribution in [1.82, 2.24) is 15.3 Å². The van der Waals surface area contributed by atoms with E-state index in [1.54, 1.807) is 25.1 Å². The summed E-state index contributed by atoms with van der Waals surface area (Å²) in [5, 5.41) is 3.66. The van der Waals surface area contributed by atoms with Crippen molar-refractivity contribution >= 4 is 29.2 Å². The van der Waals surface area contributed by atoms with Crippen molar-refractivity contribution < 1.29 is 13.9 Å². The molecule has 9 heteroatoms. The molecule has 2 aromatic carbocycles. The molecule has 214 valence electrons. The highest BCUT2D eigenvalue weighted by molar-refractivity contribution is 7.98. The molecule has 2 aromatic heterocycles. The van der Waals surface area contributed by atoms with Crippen molar-refractivity contribution in [2.24, 2.45) is 0 Å². The van der Waals surface area contributed by atoms with E-state index in [4.69, 9.17) is 19.1 Å². The summed E-state index contributed by atoms with van der Waals surface area (Å²) in [6, 6.07) is 21.7. The lowest BCUT2D eigenvalue weighted by atomic mass is 9.92. The zero-order valence-corrected chi connectivity index (χ0v) is 24.9. The highest BCUT2D eigenvalue weighted by Gasteiger charge is 2.23. The number of rotatable bonds is 9. The van der Waals surface area contributed by atoms with E-state index in [1.165, 1.54) is 5.69 Å². The Balaban J connectivity index is 1.25. The molecule has 1 aliphatic rings. The average Bonchev–Trinajstić information content (AvgIpc) is 3.52. The van der Waals surface area contributed by atoms with E-state index in [0.29, 0.717) is 17.9 Å². The molecule has 1 aliphatic heterocycles. The van der Waals surface area contributed by atoms with Gasteiger partial charge in [0.1, 0.15) is 17.3 Å². The Labute approximate surface area is 246 Å². The number of amides is 1. The van der Waals surface area contributed by atoms with E-state index in [-0.39, 0.29) is 11.3 Å². The summed E-state index contributed by atoms with van der Waals surface area (Å²) in [6.45, 7) is 10.5. The van der Waals surface area contributed by atoms with Crippen LogP contribution in [0.4, 0.5) is 11.5 Å². The SMILES string of the molecule is COc1ccc(N2CCN(c3cc(C(C)(C)C)nc(SCc4cccc(C(=O)NCc5ccco5)c4)n3)CC2)cc1. The van der Waals surface area contributed by atoms with Crippen LogP contribution in [0.25, 0.3) is 0 Å². The quantitative estimate of drug-likeness (QED) is 0.196. The van der Waals surface area contributed by atoms with Crippen LogP contribution >= 0.6 is 11.8 Å². The Kier molecular flexibility index (Phi) is 8.83. The zero-order valence-electron chi connectivity index (χ0n) is 24.1. The Bertz CT molecular complexity index is 1440. The third-order valence-electron chi connectivity index (χ3n) is 7.06. The van der Waals surface area contributed by atoms with E-state index < -0.39 is 0 Å². The third kappa shape index (κ3) is 7.41. The fourth-order valence-corrected chi connectivity index (χ4v) is 5.44. The van der Waals surface area contributed by atoms with Gasteiger partial charge in [-0.25, -0.2) is 9.97 Å². The lowest BCUT2D eigenvalue weighted by molar-refractivity contribution is 0.0948. The number of carbonyl (C=O) groups is 1. The maximum absolute atomic E-state index is 12.7. The molecule has 1 fully saturated rings. The number of hydrogen-bond donors (Lipinski definition) is 1. The van der Waals surface area contributed by atoms with Crippen LogP contribution in [-0.2, 0) is 17.7 Å². The maximum Gasteiger partial charge on any atom is 0.251 e. The van der Waals surface area contributed by atoms with Gasteiger partial charge in [-0.1, -0.05) is 44.7 Å². The topological polar surface area (TPSA) is 83.7 Å². The number of benzene rings is 2. The summed E-state index contributed by atoms with van der Waals surface area (Å²) >= 11 is 1.60. The molecular weight excluding hydrogens is 534 g/mol. The van der Waals surface area contributed by atoms with Gasteiger partial charge in [-0.2, -0.15) is 0 Å². The van der Waals surface area contributed by atoms with Crippen LogP contribution in [0.15, 0.2) is 82.6 Å². The predicted molar refractivity (Wildman–Crippen MR) is 164 cm³/mol. The van der Waals surface area contributed by atoms with E-state index in [9.17, 15) is 4.79 Å². The van der Waals surface area contributed by atoms with Crippen molar-refractivity contribution in [1.29, 1.82) is 0 Å². The summed E-state index contributed by atoms with van der Waals surface area (Å²) in [5.74, 6) is 3.09. The first-order valence-electron chi connectivity index (χ1n) is 13.8. The van der Waals surface area contributed by atoms with Gasteiger partial charge in [0.2, 0.25) is 0 Å². The number of methoxy groups -OCH3 is 1. The Morgan fingerprint density at radius 3 is 2.41 bits per heavy atom. The summed E-state index contributed by atoms with van der Waals surface area (Å²) in [6.07, 6.45) is 1.60. The molecule has 8 nitrogen and oxygen atoms in total. The molecule has 0 atom stereocenters. The fourth-order valence-electron chi connectivity index (χ4n) is 4.64. The molecule has 0 aliphatic carbocycles. The van der Waals surface area contributed by atoms with Crippen molar-refractivity contribution in [2.45, 2.75) is 43.6 Å². The predicted octanol–water partition coefficient (Wildman–Crippen LogP) is 5.92. The second kappa shape index (κ2) is 12.7. The number of furan rings is 1. The van der Waals surface area contributed by atoms with Gasteiger partial charge in [0.15, 0.2) is 5.16 Å². The number of hydrogen-bond acceptors (Lipinski definition) is 8. The van der Waals surface area contributed by atoms with Crippen molar-refractivity contribution in [2.75, 3.05) is 43.1 Å². The van der Waals surface area contributed by atoms with E-state index in [2.05, 4.69) is 54.1 Å². The highest BCUT2D eigenvalue weighted by atomic mass is 32.2. The molecule has 0 bridgehead atoms. The number of carbonyl (C=O) groups excluding carboxylic acids is 1. The zero-order chi connectivity index (χ0) is 28.8. The molecule has 0 spiro atoms. The van der Waals surface area contributed by atoms with Crippen LogP contribution in [0.3, 0.4) is 0 Å². The number of aromatic nitrogens is 2. The summed E-state index contributed by atoms with van der Waals surface area (Å²) in [7, 11) is 1.69. The molecule has 3 heterocycles. The highest BCUT2D eigenvalue weighted by Crippen LogP contribution is 2.30. The van der Waals surface area contributed by atoms with Crippen LogP contribution in [0.1, 0.15) is 48.1 Å². The van der Waals surface area contributed by atoms with E-state index >= 15 is 0 Å². The van der Waals surface area contributed by atoms with Crippen molar-refractivity contribution in [3.05, 3.63) is 95.6 Å². The van der Waals surface area contributed by atoms with Gasteiger partial charge in [0.25, 0.3) is 5.91 Å². The molecule has 1 amide bonds. The Hall–Kier alpha value is -3.98. The molecule has 0 radical (unpaired) electrons. The Morgan fingerprint density at radius 1 is 0.976 bits per heavy atom. The number of anilines is 2. The van der Waals surface area contributed by atoms with Gasteiger partial charge in [-0.05, 0) is 54.1 Å². The van der Waals surface area contributed by atoms with Crippen molar-refractivity contribution in [3.63, 3.8) is 0 Å². The second-order valence-corrected chi connectivity index (χ2v) is 12.0. The minimum absolute atomic E-state index is 0.107. The van der Waals surface area contributed by atoms with Gasteiger partial charge in [-0.3, -0.25) is 4.79 Å². The molecule has 41 heavy (non-hydrogen) atoms. The van der Waals surface area contributed by atoms with Crippen LogP contribution in [-0.4, -0.2) is 49.2 Å².